The summed E-state index contributed by atoms with van der Waals surface area (Å²) in [5.74, 6) is 1.43. The number of ether oxygens (including phenoxy) is 1. The molecule has 0 aliphatic heterocycles. The van der Waals surface area contributed by atoms with Crippen molar-refractivity contribution < 1.29 is 4.74 Å². The van der Waals surface area contributed by atoms with Crippen molar-refractivity contribution in [1.29, 1.82) is 0 Å². The van der Waals surface area contributed by atoms with Crippen molar-refractivity contribution in [2.75, 3.05) is 20.7 Å². The Labute approximate surface area is 148 Å². The molecule has 1 N–H and O–H groups in total. The molecule has 2 aromatic rings. The minimum Gasteiger partial charge on any atom is -0.481 e. The molecular formula is C17H24ClN5O. The lowest BCUT2D eigenvalue weighted by Gasteiger charge is -2.22. The second-order valence-corrected chi connectivity index (χ2v) is 5.90. The van der Waals surface area contributed by atoms with Crippen LogP contribution >= 0.6 is 11.6 Å². The monoisotopic (exact) mass is 349 g/mol. The molecule has 2 rings (SSSR count). The molecule has 0 aliphatic carbocycles. The highest BCUT2D eigenvalue weighted by Crippen LogP contribution is 2.16. The van der Waals surface area contributed by atoms with Crippen molar-refractivity contribution in [3.8, 4) is 5.88 Å². The zero-order valence-corrected chi connectivity index (χ0v) is 15.3. The van der Waals surface area contributed by atoms with Gasteiger partial charge in [0.05, 0.1) is 25.2 Å². The van der Waals surface area contributed by atoms with Crippen LogP contribution in [0, 0.1) is 0 Å². The first-order valence-corrected chi connectivity index (χ1v) is 8.21. The highest BCUT2D eigenvalue weighted by Gasteiger charge is 2.10. The summed E-state index contributed by atoms with van der Waals surface area (Å²) in [5, 5.41) is 4.05. The Bertz CT molecular complexity index is 698. The maximum absolute atomic E-state index is 6.06. The van der Waals surface area contributed by atoms with Crippen LogP contribution in [0.3, 0.4) is 0 Å². The minimum absolute atomic E-state index is 0.498. The highest BCUT2D eigenvalue weighted by molar-refractivity contribution is 6.30. The molecule has 24 heavy (non-hydrogen) atoms. The molecule has 6 nitrogen and oxygen atoms in total. The third kappa shape index (κ3) is 4.64. The van der Waals surface area contributed by atoms with Crippen LogP contribution in [0.15, 0.2) is 35.6 Å². The number of aliphatic imine (C=N–C) groups is 1. The van der Waals surface area contributed by atoms with E-state index in [9.17, 15) is 0 Å². The van der Waals surface area contributed by atoms with Gasteiger partial charge < -0.3 is 19.5 Å². The molecule has 0 spiro atoms. The number of hydrogen-bond donors (Lipinski definition) is 1. The van der Waals surface area contributed by atoms with E-state index < -0.39 is 0 Å². The summed E-state index contributed by atoms with van der Waals surface area (Å²) in [6.45, 7) is 4.05. The SMILES string of the molecule is CCNC(=NCc1cccnc1OC)N(C)Cc1cc(Cl)cn1C. The second kappa shape index (κ2) is 8.59. The molecule has 0 atom stereocenters. The highest BCUT2D eigenvalue weighted by atomic mass is 35.5. The number of aromatic nitrogens is 2. The van der Waals surface area contributed by atoms with Gasteiger partial charge in [-0.15, -0.1) is 0 Å². The maximum Gasteiger partial charge on any atom is 0.218 e. The van der Waals surface area contributed by atoms with Gasteiger partial charge in [-0.1, -0.05) is 17.7 Å². The van der Waals surface area contributed by atoms with Gasteiger partial charge in [0.15, 0.2) is 5.96 Å². The first-order valence-electron chi connectivity index (χ1n) is 7.83. The number of nitrogens with zero attached hydrogens (tertiary/aromatic N) is 4. The fourth-order valence-electron chi connectivity index (χ4n) is 2.40. The quantitative estimate of drug-likeness (QED) is 0.643. The van der Waals surface area contributed by atoms with Gasteiger partial charge in [0.25, 0.3) is 0 Å². The largest absolute Gasteiger partial charge is 0.481 e. The molecule has 7 heteroatoms. The van der Waals surface area contributed by atoms with Crippen molar-refractivity contribution >= 4 is 17.6 Å². The Hall–Kier alpha value is -2.21. The number of nitrogens with one attached hydrogen (secondary N) is 1. The molecule has 0 saturated carbocycles. The van der Waals surface area contributed by atoms with Gasteiger partial charge >= 0.3 is 0 Å². The van der Waals surface area contributed by atoms with Crippen molar-refractivity contribution in [3.05, 3.63) is 46.9 Å². The first kappa shape index (κ1) is 18.1. The predicted octanol–water partition coefficient (Wildman–Crippen LogP) is 2.68. The number of hydrogen-bond acceptors (Lipinski definition) is 3. The van der Waals surface area contributed by atoms with Gasteiger partial charge in [-0.05, 0) is 19.1 Å². The number of halogens is 1. The van der Waals surface area contributed by atoms with Crippen molar-refractivity contribution in [3.63, 3.8) is 0 Å². The number of guanidine groups is 1. The van der Waals surface area contributed by atoms with Gasteiger partial charge in [0.1, 0.15) is 0 Å². The standard InChI is InChI=1S/C17H24ClN5O/c1-5-19-17(21-10-13-7-6-8-20-16(13)24-4)23(3)12-15-9-14(18)11-22(15)2/h6-9,11H,5,10,12H2,1-4H3,(H,19,21). The van der Waals surface area contributed by atoms with Crippen LogP contribution in [0.5, 0.6) is 5.88 Å². The van der Waals surface area contributed by atoms with E-state index in [1.807, 2.05) is 50.0 Å². The van der Waals surface area contributed by atoms with E-state index in [-0.39, 0.29) is 0 Å². The molecular weight excluding hydrogens is 326 g/mol. The van der Waals surface area contributed by atoms with Gasteiger partial charge in [0, 0.05) is 44.3 Å². The summed E-state index contributed by atoms with van der Waals surface area (Å²) >= 11 is 6.06. The fourth-order valence-corrected chi connectivity index (χ4v) is 2.67. The number of methoxy groups -OCH3 is 1. The number of rotatable bonds is 6. The van der Waals surface area contributed by atoms with Crippen molar-refractivity contribution in [1.82, 2.24) is 19.8 Å². The number of aryl methyl sites for hydroxylation is 1. The summed E-state index contributed by atoms with van der Waals surface area (Å²) in [6, 6.07) is 5.82. The van der Waals surface area contributed by atoms with Gasteiger partial charge in [0.2, 0.25) is 5.88 Å². The molecule has 0 unspecified atom stereocenters. The van der Waals surface area contributed by atoms with Crippen LogP contribution in [0.4, 0.5) is 0 Å². The Balaban J connectivity index is 2.13. The lowest BCUT2D eigenvalue weighted by atomic mass is 10.3. The molecule has 0 radical (unpaired) electrons. The van der Waals surface area contributed by atoms with Crippen LogP contribution in [-0.4, -0.2) is 41.1 Å². The zero-order chi connectivity index (χ0) is 17.5. The Morgan fingerprint density at radius 2 is 2.29 bits per heavy atom. The third-order valence-electron chi connectivity index (χ3n) is 3.61. The van der Waals surface area contributed by atoms with E-state index in [1.165, 1.54) is 0 Å². The fraction of sp³-hybridized carbons (Fsp3) is 0.412. The van der Waals surface area contributed by atoms with Crippen LogP contribution < -0.4 is 10.1 Å². The van der Waals surface area contributed by atoms with Gasteiger partial charge in [-0.25, -0.2) is 9.98 Å². The summed E-state index contributed by atoms with van der Waals surface area (Å²) in [6.07, 6.45) is 3.61. The maximum atomic E-state index is 6.06. The average molecular weight is 350 g/mol. The van der Waals surface area contributed by atoms with E-state index in [0.717, 1.165) is 28.8 Å². The van der Waals surface area contributed by atoms with Gasteiger partial charge in [-0.2, -0.15) is 0 Å². The minimum atomic E-state index is 0.498. The molecule has 2 aromatic heterocycles. The lowest BCUT2D eigenvalue weighted by Crippen LogP contribution is -2.38. The van der Waals surface area contributed by atoms with E-state index in [1.54, 1.807) is 13.3 Å². The molecule has 0 saturated heterocycles. The molecule has 0 amide bonds. The van der Waals surface area contributed by atoms with Crippen molar-refractivity contribution in [2.24, 2.45) is 12.0 Å². The zero-order valence-electron chi connectivity index (χ0n) is 14.6. The first-order chi connectivity index (χ1) is 11.5. The van der Waals surface area contributed by atoms with Crippen LogP contribution in [0.25, 0.3) is 0 Å². The molecule has 0 fully saturated rings. The van der Waals surface area contributed by atoms with Crippen LogP contribution in [0.1, 0.15) is 18.2 Å². The summed E-state index contributed by atoms with van der Waals surface area (Å²) in [5.41, 5.74) is 2.07. The smallest absolute Gasteiger partial charge is 0.218 e. The molecule has 0 aromatic carbocycles. The Morgan fingerprint density at radius 3 is 2.92 bits per heavy atom. The van der Waals surface area contributed by atoms with E-state index in [2.05, 4.69) is 15.2 Å². The molecule has 0 aliphatic rings. The molecule has 2 heterocycles. The predicted molar refractivity (Wildman–Crippen MR) is 97.5 cm³/mol. The summed E-state index contributed by atoms with van der Waals surface area (Å²) < 4.78 is 7.30. The summed E-state index contributed by atoms with van der Waals surface area (Å²) in [4.78, 5) is 11.0. The third-order valence-corrected chi connectivity index (χ3v) is 3.82. The van der Waals surface area contributed by atoms with E-state index in [0.29, 0.717) is 19.0 Å². The summed E-state index contributed by atoms with van der Waals surface area (Å²) in [7, 11) is 5.61. The van der Waals surface area contributed by atoms with Crippen LogP contribution in [0.2, 0.25) is 5.02 Å². The van der Waals surface area contributed by atoms with E-state index in [4.69, 9.17) is 21.3 Å². The molecule has 130 valence electrons. The number of pyridine rings is 1. The Kier molecular flexibility index (Phi) is 6.49. The second-order valence-electron chi connectivity index (χ2n) is 5.46. The lowest BCUT2D eigenvalue weighted by molar-refractivity contribution is 0.392. The van der Waals surface area contributed by atoms with Crippen molar-refractivity contribution in [2.45, 2.75) is 20.0 Å². The van der Waals surface area contributed by atoms with E-state index >= 15 is 0 Å². The normalized spacial score (nSPS) is 11.5. The van der Waals surface area contributed by atoms with Gasteiger partial charge in [-0.3, -0.25) is 0 Å². The average Bonchev–Trinajstić information content (AvgIpc) is 2.88. The van der Waals surface area contributed by atoms with Crippen LogP contribution in [-0.2, 0) is 20.1 Å². The topological polar surface area (TPSA) is 54.7 Å². The Morgan fingerprint density at radius 1 is 1.50 bits per heavy atom. The molecule has 0 bridgehead atoms.